The third kappa shape index (κ3) is 3.37. The fourth-order valence-electron chi connectivity index (χ4n) is 2.18. The molecule has 0 radical (unpaired) electrons. The van der Waals surface area contributed by atoms with Gasteiger partial charge in [0.1, 0.15) is 0 Å². The summed E-state index contributed by atoms with van der Waals surface area (Å²) >= 11 is 0. The van der Waals surface area contributed by atoms with Crippen LogP contribution in [0.2, 0.25) is 0 Å². The molecule has 130 valence electrons. The average Bonchev–Trinajstić information content (AvgIpc) is 3.23. The van der Waals surface area contributed by atoms with E-state index in [1.165, 1.54) is 17.1 Å². The highest BCUT2D eigenvalue weighted by molar-refractivity contribution is 5.86. The topological polar surface area (TPSA) is 94.0 Å². The Hall–Kier alpha value is -3.17. The molecule has 7 nitrogen and oxygen atoms in total. The third-order valence-corrected chi connectivity index (χ3v) is 3.57. The molecule has 0 saturated carbocycles. The van der Waals surface area contributed by atoms with Crippen molar-refractivity contribution in [1.82, 2.24) is 19.9 Å². The van der Waals surface area contributed by atoms with Crippen molar-refractivity contribution in [3.8, 4) is 11.4 Å². The number of alkyl halides is 3. The van der Waals surface area contributed by atoms with Gasteiger partial charge in [0, 0.05) is 11.8 Å². The van der Waals surface area contributed by atoms with Crippen LogP contribution in [0.4, 0.5) is 13.2 Å². The molecule has 1 unspecified atom stereocenters. The Morgan fingerprint density at radius 2 is 1.96 bits per heavy atom. The number of hydrogen-bond donors (Lipinski definition) is 1. The fraction of sp³-hybridized carbons (Fsp3) is 0.200. The Balaban J connectivity index is 1.81. The SMILES string of the molecule is CC(c1ccc(-c2noc(C(F)(F)F)n2)cc1)n1cc(C(=O)O)cn1. The predicted molar refractivity (Wildman–Crippen MR) is 77.7 cm³/mol. The molecule has 0 saturated heterocycles. The molecule has 0 amide bonds. The molecule has 1 atom stereocenters. The van der Waals surface area contributed by atoms with E-state index in [9.17, 15) is 18.0 Å². The molecule has 0 aliphatic heterocycles. The quantitative estimate of drug-likeness (QED) is 0.774. The maximum Gasteiger partial charge on any atom is 0.471 e. The molecule has 0 spiro atoms. The maximum absolute atomic E-state index is 12.5. The van der Waals surface area contributed by atoms with E-state index in [0.717, 1.165) is 5.56 Å². The standard InChI is InChI=1S/C15H11F3N4O3/c1-8(22-7-11(6-19-22)13(23)24)9-2-4-10(5-3-9)12-20-14(25-21-12)15(16,17)18/h2-8H,1H3,(H,23,24). The smallest absolute Gasteiger partial charge is 0.471 e. The molecule has 3 rings (SSSR count). The van der Waals surface area contributed by atoms with Crippen molar-refractivity contribution < 1.29 is 27.6 Å². The summed E-state index contributed by atoms with van der Waals surface area (Å²) in [7, 11) is 0. The van der Waals surface area contributed by atoms with Crippen LogP contribution in [0.3, 0.4) is 0 Å². The van der Waals surface area contributed by atoms with E-state index in [1.807, 2.05) is 6.92 Å². The zero-order chi connectivity index (χ0) is 18.2. The summed E-state index contributed by atoms with van der Waals surface area (Å²) in [6.45, 7) is 1.81. The zero-order valence-corrected chi connectivity index (χ0v) is 12.7. The molecule has 3 aromatic rings. The Bertz CT molecular complexity index is 899. The van der Waals surface area contributed by atoms with Crippen molar-refractivity contribution in [3.05, 3.63) is 53.7 Å². The molecule has 0 bridgehead atoms. The average molecular weight is 352 g/mol. The molecule has 1 N–H and O–H groups in total. The molecule has 2 aromatic heterocycles. The van der Waals surface area contributed by atoms with Crippen LogP contribution in [0.15, 0.2) is 41.2 Å². The van der Waals surface area contributed by atoms with Crippen LogP contribution in [0.25, 0.3) is 11.4 Å². The molecule has 0 fully saturated rings. The van der Waals surface area contributed by atoms with Crippen molar-refractivity contribution in [2.24, 2.45) is 0 Å². The molecule has 0 aliphatic rings. The first-order valence-corrected chi connectivity index (χ1v) is 7.04. The van der Waals surface area contributed by atoms with Crippen LogP contribution in [0, 0.1) is 0 Å². The van der Waals surface area contributed by atoms with E-state index >= 15 is 0 Å². The molecule has 0 aliphatic carbocycles. The summed E-state index contributed by atoms with van der Waals surface area (Å²) in [6.07, 6.45) is -2.05. The van der Waals surface area contributed by atoms with Gasteiger partial charge in [-0.1, -0.05) is 29.4 Å². The molecular weight excluding hydrogens is 341 g/mol. The number of carbonyl (C=O) groups is 1. The molecular formula is C15H11F3N4O3. The van der Waals surface area contributed by atoms with Crippen molar-refractivity contribution in [1.29, 1.82) is 0 Å². The number of hydrogen-bond acceptors (Lipinski definition) is 5. The van der Waals surface area contributed by atoms with Crippen molar-refractivity contribution in [3.63, 3.8) is 0 Å². The predicted octanol–water partition coefficient (Wildman–Crippen LogP) is 3.26. The van der Waals surface area contributed by atoms with Gasteiger partial charge in [0.25, 0.3) is 0 Å². The van der Waals surface area contributed by atoms with E-state index in [2.05, 4.69) is 19.8 Å². The van der Waals surface area contributed by atoms with Gasteiger partial charge >= 0.3 is 18.0 Å². The number of aromatic nitrogens is 4. The van der Waals surface area contributed by atoms with E-state index < -0.39 is 18.0 Å². The lowest BCUT2D eigenvalue weighted by atomic mass is 10.1. The van der Waals surface area contributed by atoms with Gasteiger partial charge in [-0.05, 0) is 12.5 Å². The zero-order valence-electron chi connectivity index (χ0n) is 12.7. The van der Waals surface area contributed by atoms with Crippen LogP contribution in [-0.4, -0.2) is 31.0 Å². The Morgan fingerprint density at radius 3 is 2.48 bits per heavy atom. The van der Waals surface area contributed by atoms with Crippen molar-refractivity contribution in [2.45, 2.75) is 19.1 Å². The van der Waals surface area contributed by atoms with E-state index in [-0.39, 0.29) is 17.4 Å². The highest BCUT2D eigenvalue weighted by atomic mass is 19.4. The number of rotatable bonds is 4. The second-order valence-corrected chi connectivity index (χ2v) is 5.23. The van der Waals surface area contributed by atoms with Crippen molar-refractivity contribution in [2.75, 3.05) is 0 Å². The summed E-state index contributed by atoms with van der Waals surface area (Å²) in [6, 6.07) is 6.19. The van der Waals surface area contributed by atoms with Crippen LogP contribution in [0.1, 0.15) is 34.8 Å². The van der Waals surface area contributed by atoms with Gasteiger partial charge in [-0.3, -0.25) is 4.68 Å². The first kappa shape index (κ1) is 16.7. The first-order valence-electron chi connectivity index (χ1n) is 7.04. The van der Waals surface area contributed by atoms with Gasteiger partial charge in [-0.25, -0.2) is 4.79 Å². The van der Waals surface area contributed by atoms with E-state index in [4.69, 9.17) is 5.11 Å². The second-order valence-electron chi connectivity index (χ2n) is 5.23. The number of carboxylic acid groups (broad SMARTS) is 1. The minimum atomic E-state index is -4.69. The second kappa shape index (κ2) is 6.04. The third-order valence-electron chi connectivity index (χ3n) is 3.57. The number of aromatic carboxylic acids is 1. The first-order chi connectivity index (χ1) is 11.8. The minimum absolute atomic E-state index is 0.0648. The van der Waals surface area contributed by atoms with Gasteiger partial charge < -0.3 is 9.63 Å². The largest absolute Gasteiger partial charge is 0.478 e. The van der Waals surface area contributed by atoms with Crippen LogP contribution in [0.5, 0.6) is 0 Å². The van der Waals surface area contributed by atoms with Crippen LogP contribution < -0.4 is 0 Å². The monoisotopic (exact) mass is 352 g/mol. The van der Waals surface area contributed by atoms with Gasteiger partial charge in [-0.2, -0.15) is 23.3 Å². The summed E-state index contributed by atoms with van der Waals surface area (Å²) in [4.78, 5) is 14.2. The van der Waals surface area contributed by atoms with E-state index in [0.29, 0.717) is 5.56 Å². The van der Waals surface area contributed by atoms with Gasteiger partial charge in [0.15, 0.2) is 0 Å². The van der Waals surface area contributed by atoms with Crippen LogP contribution >= 0.6 is 0 Å². The lowest BCUT2D eigenvalue weighted by molar-refractivity contribution is -0.159. The maximum atomic E-state index is 12.5. The molecule has 25 heavy (non-hydrogen) atoms. The fourth-order valence-corrected chi connectivity index (χ4v) is 2.18. The Labute approximate surface area is 138 Å². The normalized spacial score (nSPS) is 13.0. The minimum Gasteiger partial charge on any atom is -0.478 e. The Morgan fingerprint density at radius 1 is 1.28 bits per heavy atom. The number of benzene rings is 1. The Kier molecular flexibility index (Phi) is 4.03. The summed E-state index contributed by atoms with van der Waals surface area (Å²) in [5.41, 5.74) is 1.21. The van der Waals surface area contributed by atoms with Crippen LogP contribution in [-0.2, 0) is 6.18 Å². The van der Waals surface area contributed by atoms with Crippen molar-refractivity contribution >= 4 is 5.97 Å². The summed E-state index contributed by atoms with van der Waals surface area (Å²) < 4.78 is 43.1. The molecule has 10 heteroatoms. The van der Waals surface area contributed by atoms with E-state index in [1.54, 1.807) is 24.3 Å². The van der Waals surface area contributed by atoms with Gasteiger partial charge in [0.2, 0.25) is 5.82 Å². The van der Waals surface area contributed by atoms with Gasteiger partial charge in [0.05, 0.1) is 17.8 Å². The number of nitrogens with zero attached hydrogens (tertiary/aromatic N) is 4. The lowest BCUT2D eigenvalue weighted by Gasteiger charge is -2.12. The molecule has 1 aromatic carbocycles. The summed E-state index contributed by atoms with van der Waals surface area (Å²) in [5, 5.41) is 16.2. The number of carboxylic acids is 1. The highest BCUT2D eigenvalue weighted by Gasteiger charge is 2.38. The highest BCUT2D eigenvalue weighted by Crippen LogP contribution is 2.29. The van der Waals surface area contributed by atoms with Gasteiger partial charge in [-0.15, -0.1) is 0 Å². The lowest BCUT2D eigenvalue weighted by Crippen LogP contribution is -2.07. The summed E-state index contributed by atoms with van der Waals surface area (Å²) in [5.74, 6) is -2.65. The molecule has 2 heterocycles. The number of halogens is 3.